The molecule has 0 saturated carbocycles. The van der Waals surface area contributed by atoms with Crippen molar-refractivity contribution in [1.82, 2.24) is 4.90 Å². The quantitative estimate of drug-likeness (QED) is 0.148. The average Bonchev–Trinajstić information content (AvgIpc) is 2.85. The van der Waals surface area contributed by atoms with Crippen molar-refractivity contribution in [3.63, 3.8) is 0 Å². The van der Waals surface area contributed by atoms with Gasteiger partial charge in [-0.2, -0.15) is 0 Å². The zero-order chi connectivity index (χ0) is 26.5. The molecule has 3 rings (SSSR count). The van der Waals surface area contributed by atoms with Crippen LogP contribution in [-0.2, 0) is 9.59 Å². The van der Waals surface area contributed by atoms with Gasteiger partial charge >= 0.3 is 59.1 Å². The largest absolute Gasteiger partial charge is 1.00 e. The molecule has 0 unspecified atom stereocenters. The number of ether oxygens (including phenoxy) is 2. The van der Waals surface area contributed by atoms with Crippen LogP contribution in [-0.4, -0.2) is 57.9 Å². The number of benzene rings is 3. The normalized spacial score (nSPS) is 9.47. The summed E-state index contributed by atoms with van der Waals surface area (Å²) in [5.41, 5.74) is 4.29. The number of hydrogen-bond acceptors (Lipinski definition) is 8. The number of rotatable bonds is 10. The van der Waals surface area contributed by atoms with Crippen LogP contribution in [0.5, 0.6) is 11.5 Å². The second-order valence-corrected chi connectivity index (χ2v) is 8.02. The van der Waals surface area contributed by atoms with Gasteiger partial charge in [-0.25, -0.2) is 0 Å². The molecular formula is C28H28N2Na2O6. The minimum atomic E-state index is -1.30. The molecule has 0 N–H and O–H groups in total. The number of carboxylic acid groups (broad SMARTS) is 2. The van der Waals surface area contributed by atoms with Gasteiger partial charge in [0.25, 0.3) is 0 Å². The predicted octanol–water partition coefficient (Wildman–Crippen LogP) is -3.95. The zero-order valence-electron chi connectivity index (χ0n) is 22.5. The smallest absolute Gasteiger partial charge is 0.546 e. The molecule has 3 aromatic rings. The average molecular weight is 535 g/mol. The van der Waals surface area contributed by atoms with E-state index in [9.17, 15) is 19.8 Å². The van der Waals surface area contributed by atoms with Gasteiger partial charge in [0.1, 0.15) is 24.7 Å². The monoisotopic (exact) mass is 534 g/mol. The summed E-state index contributed by atoms with van der Waals surface area (Å²) in [6.07, 6.45) is 1.99. The van der Waals surface area contributed by atoms with Gasteiger partial charge in [0, 0.05) is 0 Å². The van der Waals surface area contributed by atoms with Crippen LogP contribution in [0.25, 0.3) is 11.6 Å². The van der Waals surface area contributed by atoms with Crippen molar-refractivity contribution >= 4 is 36.0 Å². The van der Waals surface area contributed by atoms with Gasteiger partial charge in [0.05, 0.1) is 17.6 Å². The molecular weight excluding hydrogens is 506 g/mol. The van der Waals surface area contributed by atoms with Crippen molar-refractivity contribution < 1.29 is 88.4 Å². The van der Waals surface area contributed by atoms with E-state index in [1.807, 2.05) is 80.6 Å². The Kier molecular flexibility index (Phi) is 17.6. The van der Waals surface area contributed by atoms with Gasteiger partial charge < -0.3 is 34.2 Å². The van der Waals surface area contributed by atoms with Gasteiger partial charge in [-0.15, -0.1) is 0 Å². The van der Waals surface area contributed by atoms with E-state index in [0.29, 0.717) is 11.5 Å². The number of aliphatic imine (C=N–C) groups is 1. The summed E-state index contributed by atoms with van der Waals surface area (Å²) in [6, 6.07) is 21.5. The molecule has 0 aliphatic rings. The summed E-state index contributed by atoms with van der Waals surface area (Å²) in [5.74, 6) is -1.78. The van der Waals surface area contributed by atoms with Crippen molar-refractivity contribution in [1.29, 1.82) is 0 Å². The molecule has 0 spiro atoms. The molecule has 188 valence electrons. The summed E-state index contributed by atoms with van der Waals surface area (Å²) in [6.45, 7) is 2.46. The van der Waals surface area contributed by atoms with E-state index in [1.165, 1.54) is 0 Å². The van der Waals surface area contributed by atoms with E-state index < -0.39 is 25.2 Å². The van der Waals surface area contributed by atoms with Crippen LogP contribution >= 0.6 is 0 Å². The molecule has 0 fully saturated rings. The third kappa shape index (κ3) is 13.4. The minimum Gasteiger partial charge on any atom is -0.546 e. The van der Waals surface area contributed by atoms with E-state index in [2.05, 4.69) is 11.7 Å². The van der Waals surface area contributed by atoms with Crippen LogP contribution in [0, 0.1) is 0 Å². The SMILES string of the molecule is C=Nc1ccc(C=C(c2ccc(OCC(=O)[O-])cc2)c2ccc(OCC(=O)[O-])cc2)cc1.CN(C)C.[Na+].[Na+]. The molecule has 0 saturated heterocycles. The van der Waals surface area contributed by atoms with Crippen LogP contribution in [0.3, 0.4) is 0 Å². The third-order valence-corrected chi connectivity index (χ3v) is 4.43. The number of hydrogen-bond donors (Lipinski definition) is 0. The molecule has 8 nitrogen and oxygen atoms in total. The first-order chi connectivity index (χ1) is 17.2. The van der Waals surface area contributed by atoms with Gasteiger partial charge in [0.2, 0.25) is 0 Å². The van der Waals surface area contributed by atoms with Crippen LogP contribution in [0.2, 0.25) is 0 Å². The zero-order valence-corrected chi connectivity index (χ0v) is 26.5. The molecule has 0 bridgehead atoms. The maximum Gasteiger partial charge on any atom is 1.00 e. The van der Waals surface area contributed by atoms with Crippen LogP contribution < -0.4 is 78.8 Å². The fourth-order valence-electron chi connectivity index (χ4n) is 2.92. The minimum absolute atomic E-state index is 0. The topological polar surface area (TPSA) is 114 Å². The summed E-state index contributed by atoms with van der Waals surface area (Å²) in [4.78, 5) is 27.1. The molecule has 0 atom stereocenters. The summed E-state index contributed by atoms with van der Waals surface area (Å²) in [5, 5.41) is 21.2. The fourth-order valence-corrected chi connectivity index (χ4v) is 2.92. The molecule has 0 aliphatic heterocycles. The second-order valence-electron chi connectivity index (χ2n) is 8.02. The Bertz CT molecular complexity index is 1110. The van der Waals surface area contributed by atoms with Gasteiger partial charge in [-0.1, -0.05) is 36.4 Å². The second kappa shape index (κ2) is 18.8. The van der Waals surface area contributed by atoms with E-state index in [-0.39, 0.29) is 59.1 Å². The standard InChI is InChI=1S/C25H21NO6.C3H9N.2Na/c1-26-20-8-2-17(3-9-20)14-23(18-4-10-21(11-5-18)31-15-24(27)28)19-6-12-22(13-7-19)32-16-25(29)30;1-4(2)3;;/h2-14H,1,15-16H2,(H,27,28)(H,29,30);1-3H3;;/q;;2*+1/p-2. The predicted molar refractivity (Wildman–Crippen MR) is 136 cm³/mol. The Balaban J connectivity index is 0.00000213. The maximum absolute atomic E-state index is 10.6. The number of nitrogens with zero attached hydrogens (tertiary/aromatic N) is 2. The molecule has 0 radical (unpaired) electrons. The van der Waals surface area contributed by atoms with Gasteiger partial charge in [-0.05, 0) is 92.6 Å². The summed E-state index contributed by atoms with van der Waals surface area (Å²) < 4.78 is 10.3. The molecule has 0 aromatic heterocycles. The maximum atomic E-state index is 10.6. The third-order valence-electron chi connectivity index (χ3n) is 4.43. The van der Waals surface area contributed by atoms with Crippen LogP contribution in [0.4, 0.5) is 5.69 Å². The first-order valence-electron chi connectivity index (χ1n) is 10.9. The molecule has 0 amide bonds. The van der Waals surface area contributed by atoms with Crippen LogP contribution in [0.15, 0.2) is 77.8 Å². The molecule has 0 heterocycles. The van der Waals surface area contributed by atoms with Crippen LogP contribution in [0.1, 0.15) is 16.7 Å². The van der Waals surface area contributed by atoms with Crippen molar-refractivity contribution in [2.75, 3.05) is 34.4 Å². The Hall–Kier alpha value is -2.43. The number of carbonyl (C=O) groups excluding carboxylic acids is 2. The Morgan fingerprint density at radius 1 is 0.763 bits per heavy atom. The first kappa shape index (κ1) is 35.6. The number of carboxylic acids is 2. The Morgan fingerprint density at radius 2 is 1.13 bits per heavy atom. The van der Waals surface area contributed by atoms with E-state index in [0.717, 1.165) is 28.0 Å². The Morgan fingerprint density at radius 3 is 1.45 bits per heavy atom. The first-order valence-corrected chi connectivity index (χ1v) is 10.9. The Labute approximate surface area is 267 Å². The van der Waals surface area contributed by atoms with E-state index in [4.69, 9.17) is 9.47 Å². The van der Waals surface area contributed by atoms with E-state index >= 15 is 0 Å². The van der Waals surface area contributed by atoms with Crippen molar-refractivity contribution in [2.45, 2.75) is 0 Å². The van der Waals surface area contributed by atoms with E-state index in [1.54, 1.807) is 24.3 Å². The molecule has 38 heavy (non-hydrogen) atoms. The summed E-state index contributed by atoms with van der Waals surface area (Å²) >= 11 is 0. The fraction of sp³-hybridized carbons (Fsp3) is 0.179. The van der Waals surface area contributed by atoms with Crippen molar-refractivity contribution in [3.05, 3.63) is 89.5 Å². The molecule has 3 aromatic carbocycles. The summed E-state index contributed by atoms with van der Waals surface area (Å²) in [7, 11) is 6.00. The van der Waals surface area contributed by atoms with Gasteiger partial charge in [0.15, 0.2) is 0 Å². The molecule has 10 heteroatoms. The van der Waals surface area contributed by atoms with Gasteiger partial charge in [-0.3, -0.25) is 4.99 Å². The number of aliphatic carboxylic acids is 2. The van der Waals surface area contributed by atoms with Crippen molar-refractivity contribution in [3.8, 4) is 11.5 Å². The molecule has 0 aliphatic carbocycles. The number of carbonyl (C=O) groups is 2. The van der Waals surface area contributed by atoms with Crippen molar-refractivity contribution in [2.24, 2.45) is 4.99 Å².